The third kappa shape index (κ3) is 4.37. The van der Waals surface area contributed by atoms with Crippen molar-refractivity contribution < 1.29 is 14.6 Å². The molecule has 4 N–H and O–H groups in total. The number of ether oxygens (including phenoxy) is 1. The van der Waals surface area contributed by atoms with E-state index in [9.17, 15) is 9.90 Å². The molecule has 0 bridgehead atoms. The Kier molecular flexibility index (Phi) is 5.83. The van der Waals surface area contributed by atoms with Gasteiger partial charge < -0.3 is 20.9 Å². The summed E-state index contributed by atoms with van der Waals surface area (Å²) in [5.41, 5.74) is 11.2. The second kappa shape index (κ2) is 8.69. The van der Waals surface area contributed by atoms with Crippen LogP contribution in [0.25, 0.3) is 5.69 Å². The van der Waals surface area contributed by atoms with Crippen molar-refractivity contribution in [3.05, 3.63) is 77.1 Å². The van der Waals surface area contributed by atoms with E-state index >= 15 is 0 Å². The van der Waals surface area contributed by atoms with Gasteiger partial charge in [0.1, 0.15) is 0 Å². The van der Waals surface area contributed by atoms with Crippen molar-refractivity contribution in [2.75, 3.05) is 18.9 Å². The van der Waals surface area contributed by atoms with Crippen molar-refractivity contribution in [1.29, 1.82) is 0 Å². The van der Waals surface area contributed by atoms with Crippen LogP contribution in [-0.2, 0) is 11.2 Å². The number of hydrogen-bond acceptors (Lipinski definition) is 5. The molecule has 1 saturated heterocycles. The molecule has 1 fully saturated rings. The summed E-state index contributed by atoms with van der Waals surface area (Å²) in [6.45, 7) is 2.74. The number of aliphatic hydroxyl groups excluding tert-OH is 1. The number of nitrogens with two attached hydrogens (primary N) is 1. The van der Waals surface area contributed by atoms with E-state index in [0.29, 0.717) is 30.7 Å². The first-order valence-corrected chi connectivity index (χ1v) is 10.1. The van der Waals surface area contributed by atoms with Crippen LogP contribution in [0.15, 0.2) is 54.9 Å². The summed E-state index contributed by atoms with van der Waals surface area (Å²) in [6.07, 6.45) is 4.21. The van der Waals surface area contributed by atoms with E-state index in [-0.39, 0.29) is 18.6 Å². The number of aliphatic hydroxyl groups is 1. The SMILES string of the molecule is Cc1cc(N)c(C(=O)N[C@H]2CCOC[C@@H]2O)cc1Cc1ccc(-n2cccn2)cc1. The molecule has 1 aromatic heterocycles. The predicted molar refractivity (Wildman–Crippen MR) is 115 cm³/mol. The van der Waals surface area contributed by atoms with Gasteiger partial charge in [0.15, 0.2) is 0 Å². The van der Waals surface area contributed by atoms with E-state index in [1.54, 1.807) is 6.20 Å². The maximum atomic E-state index is 12.8. The summed E-state index contributed by atoms with van der Waals surface area (Å²) in [6, 6.07) is 13.4. The minimum Gasteiger partial charge on any atom is -0.398 e. The number of nitrogen functional groups attached to an aromatic ring is 1. The Hall–Kier alpha value is -3.16. The van der Waals surface area contributed by atoms with Crippen LogP contribution in [0.5, 0.6) is 0 Å². The molecule has 3 aromatic rings. The highest BCUT2D eigenvalue weighted by molar-refractivity contribution is 5.99. The highest BCUT2D eigenvalue weighted by Crippen LogP contribution is 2.23. The largest absolute Gasteiger partial charge is 0.398 e. The standard InChI is InChI=1S/C23H26N4O3/c1-15-11-20(24)19(23(29)26-21-7-10-30-14-22(21)28)13-17(15)12-16-3-5-18(6-4-16)27-9-2-8-25-27/h2-6,8-9,11,13,21-22,28H,7,10,12,14,24H2,1H3,(H,26,29)/t21-,22-/m0/s1. The maximum Gasteiger partial charge on any atom is 0.253 e. The fourth-order valence-electron chi connectivity index (χ4n) is 3.71. The molecule has 0 radical (unpaired) electrons. The van der Waals surface area contributed by atoms with Crippen molar-refractivity contribution in [2.45, 2.75) is 31.9 Å². The van der Waals surface area contributed by atoms with Crippen LogP contribution in [0, 0.1) is 6.92 Å². The van der Waals surface area contributed by atoms with Gasteiger partial charge in [-0.1, -0.05) is 12.1 Å². The van der Waals surface area contributed by atoms with Gasteiger partial charge >= 0.3 is 0 Å². The number of nitrogens with one attached hydrogen (secondary N) is 1. The van der Waals surface area contributed by atoms with Gasteiger partial charge in [-0.25, -0.2) is 4.68 Å². The maximum absolute atomic E-state index is 12.8. The monoisotopic (exact) mass is 406 g/mol. The van der Waals surface area contributed by atoms with Crippen LogP contribution in [0.1, 0.15) is 33.5 Å². The summed E-state index contributed by atoms with van der Waals surface area (Å²) < 4.78 is 7.04. The van der Waals surface area contributed by atoms with Crippen LogP contribution >= 0.6 is 0 Å². The zero-order chi connectivity index (χ0) is 21.1. The van der Waals surface area contributed by atoms with E-state index in [2.05, 4.69) is 22.5 Å². The first kappa shape index (κ1) is 20.1. The van der Waals surface area contributed by atoms with Crippen molar-refractivity contribution in [3.8, 4) is 5.69 Å². The zero-order valence-electron chi connectivity index (χ0n) is 16.9. The topological polar surface area (TPSA) is 102 Å². The molecule has 1 aliphatic rings. The number of rotatable bonds is 5. The van der Waals surface area contributed by atoms with Gasteiger partial charge in [0.2, 0.25) is 0 Å². The van der Waals surface area contributed by atoms with Crippen LogP contribution in [0.2, 0.25) is 0 Å². The lowest BCUT2D eigenvalue weighted by atomic mass is 9.96. The summed E-state index contributed by atoms with van der Waals surface area (Å²) >= 11 is 0. The molecule has 0 unspecified atom stereocenters. The second-order valence-electron chi connectivity index (χ2n) is 7.67. The molecule has 2 heterocycles. The molecule has 7 heteroatoms. The number of aryl methyl sites for hydroxylation is 1. The number of benzene rings is 2. The third-order valence-electron chi connectivity index (χ3n) is 5.50. The van der Waals surface area contributed by atoms with Gasteiger partial charge in [-0.15, -0.1) is 0 Å². The van der Waals surface area contributed by atoms with Gasteiger partial charge in [0.05, 0.1) is 30.0 Å². The van der Waals surface area contributed by atoms with E-state index in [1.165, 1.54) is 0 Å². The molecule has 1 aliphatic heterocycles. The van der Waals surface area contributed by atoms with Crippen LogP contribution in [0.3, 0.4) is 0 Å². The Morgan fingerprint density at radius 1 is 1.33 bits per heavy atom. The first-order valence-electron chi connectivity index (χ1n) is 10.1. The van der Waals surface area contributed by atoms with Crippen LogP contribution in [-0.4, -0.2) is 46.2 Å². The molecule has 0 saturated carbocycles. The first-order chi connectivity index (χ1) is 14.5. The van der Waals surface area contributed by atoms with E-state index in [1.807, 2.05) is 48.1 Å². The molecule has 2 atom stereocenters. The average molecular weight is 406 g/mol. The Bertz CT molecular complexity index is 1020. The fourth-order valence-corrected chi connectivity index (χ4v) is 3.71. The lowest BCUT2D eigenvalue weighted by Gasteiger charge is -2.28. The minimum atomic E-state index is -0.706. The molecule has 156 valence electrons. The van der Waals surface area contributed by atoms with Crippen molar-refractivity contribution in [2.24, 2.45) is 0 Å². The minimum absolute atomic E-state index is 0.230. The van der Waals surface area contributed by atoms with E-state index in [0.717, 1.165) is 22.4 Å². The zero-order valence-corrected chi connectivity index (χ0v) is 16.9. The number of anilines is 1. The summed E-state index contributed by atoms with van der Waals surface area (Å²) in [5.74, 6) is -0.270. The summed E-state index contributed by atoms with van der Waals surface area (Å²) in [7, 11) is 0. The molecule has 0 aliphatic carbocycles. The van der Waals surface area contributed by atoms with Gasteiger partial charge in [-0.2, -0.15) is 5.10 Å². The van der Waals surface area contributed by atoms with Gasteiger partial charge in [0, 0.05) is 24.7 Å². The Labute approximate surface area is 175 Å². The Morgan fingerprint density at radius 2 is 2.13 bits per heavy atom. The molecule has 0 spiro atoms. The Morgan fingerprint density at radius 3 is 2.83 bits per heavy atom. The van der Waals surface area contributed by atoms with Crippen LogP contribution in [0.4, 0.5) is 5.69 Å². The third-order valence-corrected chi connectivity index (χ3v) is 5.50. The lowest BCUT2D eigenvalue weighted by molar-refractivity contribution is -0.0260. The van der Waals surface area contributed by atoms with E-state index < -0.39 is 6.10 Å². The number of nitrogens with zero attached hydrogens (tertiary/aromatic N) is 2. The fraction of sp³-hybridized carbons (Fsp3) is 0.304. The highest BCUT2D eigenvalue weighted by atomic mass is 16.5. The van der Waals surface area contributed by atoms with Crippen molar-refractivity contribution in [3.63, 3.8) is 0 Å². The van der Waals surface area contributed by atoms with Gasteiger partial charge in [-0.05, 0) is 66.8 Å². The lowest BCUT2D eigenvalue weighted by Crippen LogP contribution is -2.48. The van der Waals surface area contributed by atoms with Gasteiger partial charge in [0.25, 0.3) is 5.91 Å². The van der Waals surface area contributed by atoms with Gasteiger partial charge in [-0.3, -0.25) is 4.79 Å². The molecule has 7 nitrogen and oxygen atoms in total. The van der Waals surface area contributed by atoms with E-state index in [4.69, 9.17) is 10.5 Å². The molecule has 4 rings (SSSR count). The van der Waals surface area contributed by atoms with Crippen molar-refractivity contribution >= 4 is 11.6 Å². The average Bonchev–Trinajstić information content (AvgIpc) is 3.27. The van der Waals surface area contributed by atoms with Crippen molar-refractivity contribution in [1.82, 2.24) is 15.1 Å². The predicted octanol–water partition coefficient (Wildman–Crippen LogP) is 2.23. The summed E-state index contributed by atoms with van der Waals surface area (Å²) in [5, 5.41) is 17.2. The summed E-state index contributed by atoms with van der Waals surface area (Å²) in [4.78, 5) is 12.8. The molecule has 2 aromatic carbocycles. The van der Waals surface area contributed by atoms with Crippen LogP contribution < -0.4 is 11.1 Å². The smallest absolute Gasteiger partial charge is 0.253 e. The number of hydrogen-bond donors (Lipinski definition) is 3. The molecule has 30 heavy (non-hydrogen) atoms. The normalized spacial score (nSPS) is 18.9. The number of aromatic nitrogens is 2. The molecular formula is C23H26N4O3. The number of carbonyl (C=O) groups is 1. The highest BCUT2D eigenvalue weighted by Gasteiger charge is 2.26. The number of carbonyl (C=O) groups excluding carboxylic acids is 1. The Balaban J connectivity index is 1.52. The second-order valence-corrected chi connectivity index (χ2v) is 7.67. The quantitative estimate of drug-likeness (QED) is 0.564. The molecular weight excluding hydrogens is 380 g/mol. The molecule has 1 amide bonds. The number of amides is 1.